The molecule has 0 amide bonds. The first-order valence-corrected chi connectivity index (χ1v) is 10.1. The molecule has 0 aliphatic rings. The number of nitrogens with zero attached hydrogens (tertiary/aromatic N) is 4. The summed E-state index contributed by atoms with van der Waals surface area (Å²) in [5.41, 5.74) is 0.0869. The lowest BCUT2D eigenvalue weighted by Crippen LogP contribution is -2.21. The van der Waals surface area contributed by atoms with E-state index in [1.54, 1.807) is 22.8 Å². The number of furan rings is 1. The summed E-state index contributed by atoms with van der Waals surface area (Å²) in [6, 6.07) is 5.57. The molecule has 0 aliphatic heterocycles. The molecule has 33 heavy (non-hydrogen) atoms. The third-order valence-corrected chi connectivity index (χ3v) is 4.71. The van der Waals surface area contributed by atoms with Crippen LogP contribution >= 0.6 is 11.8 Å². The molecular weight excluding hydrogens is 478 g/mol. The second-order valence-electron chi connectivity index (χ2n) is 6.41. The molecule has 14 heteroatoms. The third-order valence-electron chi connectivity index (χ3n) is 3.75. The van der Waals surface area contributed by atoms with Gasteiger partial charge < -0.3 is 13.9 Å². The summed E-state index contributed by atoms with van der Waals surface area (Å²) >= 11 is 1.27. The maximum Gasteiger partial charge on any atom is 0.422 e. The Morgan fingerprint density at radius 1 is 1.03 bits per heavy atom. The molecule has 3 aromatic heterocycles. The van der Waals surface area contributed by atoms with Gasteiger partial charge in [0.15, 0.2) is 24.2 Å². The zero-order chi connectivity index (χ0) is 24.1. The van der Waals surface area contributed by atoms with Gasteiger partial charge in [0.2, 0.25) is 11.8 Å². The number of halogens is 6. The first-order chi connectivity index (χ1) is 15.5. The van der Waals surface area contributed by atoms with Gasteiger partial charge in [0.1, 0.15) is 5.76 Å². The summed E-state index contributed by atoms with van der Waals surface area (Å²) in [7, 11) is 0. The quantitative estimate of drug-likeness (QED) is 0.219. The molecule has 0 atom stereocenters. The summed E-state index contributed by atoms with van der Waals surface area (Å²) in [6.45, 7) is 0.390. The van der Waals surface area contributed by atoms with Crippen LogP contribution in [0, 0.1) is 0 Å². The molecule has 3 aromatic rings. The Labute approximate surface area is 187 Å². The molecule has 0 fully saturated rings. The van der Waals surface area contributed by atoms with Gasteiger partial charge in [-0.2, -0.15) is 31.3 Å². The fourth-order valence-corrected chi connectivity index (χ4v) is 3.19. The van der Waals surface area contributed by atoms with Crippen molar-refractivity contribution in [2.24, 2.45) is 0 Å². The van der Waals surface area contributed by atoms with Crippen molar-refractivity contribution < 1.29 is 40.2 Å². The summed E-state index contributed by atoms with van der Waals surface area (Å²) in [6.07, 6.45) is -6.28. The second-order valence-corrected chi connectivity index (χ2v) is 7.40. The highest BCUT2D eigenvalue weighted by Gasteiger charge is 2.30. The highest BCUT2D eigenvalue weighted by molar-refractivity contribution is 7.99. The molecular formula is C19H16F6N4O3S. The maximum atomic E-state index is 12.6. The Bertz CT molecular complexity index is 1030. The van der Waals surface area contributed by atoms with Crippen molar-refractivity contribution in [2.45, 2.75) is 24.1 Å². The first kappa shape index (κ1) is 24.5. The van der Waals surface area contributed by atoms with E-state index < -0.39 is 37.3 Å². The highest BCUT2D eigenvalue weighted by Crippen LogP contribution is 2.31. The van der Waals surface area contributed by atoms with Crippen LogP contribution in [0.15, 0.2) is 52.8 Å². The largest absolute Gasteiger partial charge is 0.468 e. The van der Waals surface area contributed by atoms with Crippen molar-refractivity contribution in [1.82, 2.24) is 19.7 Å². The van der Waals surface area contributed by atoms with Crippen molar-refractivity contribution in [2.75, 3.05) is 19.0 Å². The molecule has 3 heterocycles. The number of hydrogen-bond donors (Lipinski definition) is 0. The number of alkyl halides is 6. The van der Waals surface area contributed by atoms with E-state index >= 15 is 0 Å². The summed E-state index contributed by atoms with van der Waals surface area (Å²) in [5.74, 6) is -0.0431. The molecule has 0 N–H and O–H groups in total. The van der Waals surface area contributed by atoms with E-state index in [0.29, 0.717) is 16.7 Å². The average molecular weight is 494 g/mol. The molecule has 0 bridgehead atoms. The van der Waals surface area contributed by atoms with E-state index in [4.69, 9.17) is 4.42 Å². The van der Waals surface area contributed by atoms with Gasteiger partial charge in [0.05, 0.1) is 12.8 Å². The molecule has 0 saturated heterocycles. The molecule has 0 radical (unpaired) electrons. The van der Waals surface area contributed by atoms with Gasteiger partial charge in [-0.05, 0) is 12.1 Å². The zero-order valence-corrected chi connectivity index (χ0v) is 17.5. The third kappa shape index (κ3) is 7.44. The number of thioether (sulfide) groups is 1. The zero-order valence-electron chi connectivity index (χ0n) is 16.7. The molecule has 3 rings (SSSR count). The van der Waals surface area contributed by atoms with E-state index in [0.717, 1.165) is 12.1 Å². The topological polar surface area (TPSA) is 75.2 Å². The summed E-state index contributed by atoms with van der Waals surface area (Å²) in [4.78, 5) is 3.59. The minimum absolute atomic E-state index is 0.0869. The second kappa shape index (κ2) is 10.2. The predicted molar refractivity (Wildman–Crippen MR) is 105 cm³/mol. The van der Waals surface area contributed by atoms with E-state index in [9.17, 15) is 26.3 Å². The van der Waals surface area contributed by atoms with Crippen LogP contribution < -0.4 is 9.47 Å². The van der Waals surface area contributed by atoms with Gasteiger partial charge in [-0.3, -0.25) is 4.57 Å². The SMILES string of the molecule is C=CCSc1nnc(-c2cc(OCC(F)(F)F)nc(OCC(F)(F)F)c2)n1Cc1ccco1. The van der Waals surface area contributed by atoms with Crippen LogP contribution in [0.2, 0.25) is 0 Å². The molecule has 0 saturated carbocycles. The minimum Gasteiger partial charge on any atom is -0.468 e. The maximum absolute atomic E-state index is 12.6. The van der Waals surface area contributed by atoms with Crippen LogP contribution in [0.3, 0.4) is 0 Å². The molecule has 0 unspecified atom stereocenters. The van der Waals surface area contributed by atoms with E-state index in [-0.39, 0.29) is 17.9 Å². The van der Waals surface area contributed by atoms with E-state index in [1.165, 1.54) is 18.0 Å². The van der Waals surface area contributed by atoms with Crippen molar-refractivity contribution >= 4 is 11.8 Å². The van der Waals surface area contributed by atoms with Crippen LogP contribution in [0.1, 0.15) is 5.76 Å². The monoisotopic (exact) mass is 494 g/mol. The molecule has 0 spiro atoms. The van der Waals surface area contributed by atoms with Crippen LogP contribution in [-0.4, -0.2) is 51.1 Å². The van der Waals surface area contributed by atoms with Crippen molar-refractivity contribution in [1.29, 1.82) is 0 Å². The Kier molecular flexibility index (Phi) is 7.56. The molecule has 0 aromatic carbocycles. The number of ether oxygens (including phenoxy) is 2. The summed E-state index contributed by atoms with van der Waals surface area (Å²) in [5, 5.41) is 8.54. The molecule has 0 aliphatic carbocycles. The van der Waals surface area contributed by atoms with Crippen LogP contribution in [0.4, 0.5) is 26.3 Å². The van der Waals surface area contributed by atoms with E-state index in [2.05, 4.69) is 31.2 Å². The van der Waals surface area contributed by atoms with Gasteiger partial charge in [-0.1, -0.05) is 17.8 Å². The minimum atomic E-state index is -4.68. The van der Waals surface area contributed by atoms with E-state index in [1.807, 2.05) is 0 Å². The standard InChI is InChI=1S/C19H16F6N4O3S/c1-2-6-33-17-28-27-16(29(17)9-13-4-3-5-30-13)12-7-14(31-10-18(20,21)22)26-15(8-12)32-11-19(23,24)25/h2-5,7-8H,1,6,9-11H2. The Morgan fingerprint density at radius 2 is 1.67 bits per heavy atom. The van der Waals surface area contributed by atoms with Crippen LogP contribution in [0.5, 0.6) is 11.8 Å². The van der Waals surface area contributed by atoms with Crippen LogP contribution in [0.25, 0.3) is 11.4 Å². The lowest BCUT2D eigenvalue weighted by Gasteiger charge is -2.14. The lowest BCUT2D eigenvalue weighted by atomic mass is 10.2. The number of pyridine rings is 1. The van der Waals surface area contributed by atoms with Gasteiger partial charge >= 0.3 is 12.4 Å². The first-order valence-electron chi connectivity index (χ1n) is 9.15. The lowest BCUT2D eigenvalue weighted by molar-refractivity contribution is -0.155. The summed E-state index contributed by atoms with van der Waals surface area (Å²) < 4.78 is 91.7. The number of aromatic nitrogens is 4. The van der Waals surface area contributed by atoms with Gasteiger partial charge in [-0.25, -0.2) is 0 Å². The van der Waals surface area contributed by atoms with Crippen LogP contribution in [-0.2, 0) is 6.54 Å². The Hall–Kier alpha value is -3.16. The normalized spacial score (nSPS) is 12.1. The van der Waals surface area contributed by atoms with Gasteiger partial charge in [-0.15, -0.1) is 16.8 Å². The number of rotatable bonds is 10. The smallest absolute Gasteiger partial charge is 0.422 e. The molecule has 178 valence electrons. The van der Waals surface area contributed by atoms with Crippen molar-refractivity contribution in [3.8, 4) is 23.1 Å². The Morgan fingerprint density at radius 3 is 2.18 bits per heavy atom. The Balaban J connectivity index is 2.01. The number of hydrogen-bond acceptors (Lipinski definition) is 7. The predicted octanol–water partition coefficient (Wildman–Crippen LogP) is 5.14. The van der Waals surface area contributed by atoms with Gasteiger partial charge in [0, 0.05) is 23.4 Å². The van der Waals surface area contributed by atoms with Crippen molar-refractivity contribution in [3.05, 3.63) is 48.9 Å². The van der Waals surface area contributed by atoms with Gasteiger partial charge in [0.25, 0.3) is 0 Å². The fraction of sp³-hybridized carbons (Fsp3) is 0.316. The fourth-order valence-electron chi connectivity index (χ4n) is 2.51. The average Bonchev–Trinajstić information content (AvgIpc) is 3.38. The molecule has 7 nitrogen and oxygen atoms in total. The van der Waals surface area contributed by atoms with Crippen molar-refractivity contribution in [3.63, 3.8) is 0 Å². The highest BCUT2D eigenvalue weighted by atomic mass is 32.2.